The topological polar surface area (TPSA) is 31.9 Å². The lowest BCUT2D eigenvalue weighted by atomic mass is 10.5. The van der Waals surface area contributed by atoms with Crippen LogP contribution in [-0.4, -0.2) is 35.5 Å². The van der Waals surface area contributed by atoms with E-state index in [1.807, 2.05) is 6.92 Å². The van der Waals surface area contributed by atoms with Gasteiger partial charge in [-0.15, -0.1) is 0 Å². The molecule has 0 saturated heterocycles. The Morgan fingerprint density at radius 3 is 2.25 bits per heavy atom. The summed E-state index contributed by atoms with van der Waals surface area (Å²) in [5.41, 5.74) is 0. The maximum absolute atomic E-state index is 3.86. The van der Waals surface area contributed by atoms with E-state index in [4.69, 9.17) is 0 Å². The zero-order valence-corrected chi connectivity index (χ0v) is 8.46. The molecular formula is C9H19N3. The van der Waals surface area contributed by atoms with Gasteiger partial charge in [-0.1, -0.05) is 6.92 Å². The molecule has 1 rings (SSSR count). The Hall–Kier alpha value is -0.830. The van der Waals surface area contributed by atoms with Gasteiger partial charge >= 0.3 is 0 Å². The minimum Gasteiger partial charge on any atom is -0.349 e. The van der Waals surface area contributed by atoms with E-state index in [0.717, 1.165) is 5.82 Å². The Balaban J connectivity index is 0.000000202. The summed E-state index contributed by atoms with van der Waals surface area (Å²) in [7, 11) is 4.17. The van der Waals surface area contributed by atoms with Gasteiger partial charge in [-0.05, 0) is 34.0 Å². The highest BCUT2D eigenvalue weighted by Gasteiger charge is 1.79. The molecular weight excluding hydrogens is 150 g/mol. The van der Waals surface area contributed by atoms with Crippen LogP contribution in [0.25, 0.3) is 0 Å². The second-order valence-electron chi connectivity index (χ2n) is 2.98. The highest BCUT2D eigenvalue weighted by atomic mass is 15.0. The molecule has 1 N–H and O–H groups in total. The summed E-state index contributed by atoms with van der Waals surface area (Å²) in [6.07, 6.45) is 4.79. The van der Waals surface area contributed by atoms with Crippen molar-refractivity contribution in [2.24, 2.45) is 0 Å². The van der Waals surface area contributed by atoms with E-state index >= 15 is 0 Å². The number of H-pyrrole nitrogens is 1. The molecule has 0 fully saturated rings. The van der Waals surface area contributed by atoms with Gasteiger partial charge in [-0.2, -0.15) is 0 Å². The maximum Gasteiger partial charge on any atom is 0.102 e. The molecule has 0 bridgehead atoms. The highest BCUT2D eigenvalue weighted by Crippen LogP contribution is 1.78. The summed E-state index contributed by atoms with van der Waals surface area (Å²) < 4.78 is 0. The molecule has 1 heterocycles. The smallest absolute Gasteiger partial charge is 0.102 e. The molecule has 0 aromatic carbocycles. The summed E-state index contributed by atoms with van der Waals surface area (Å²) in [6, 6.07) is 0. The van der Waals surface area contributed by atoms with Gasteiger partial charge in [0, 0.05) is 12.4 Å². The molecule has 0 aliphatic rings. The molecule has 1 aromatic rings. The van der Waals surface area contributed by atoms with Crippen molar-refractivity contribution in [2.75, 3.05) is 20.6 Å². The lowest BCUT2D eigenvalue weighted by Gasteiger charge is -2.03. The largest absolute Gasteiger partial charge is 0.349 e. The minimum atomic E-state index is 0.968. The van der Waals surface area contributed by atoms with Crippen molar-refractivity contribution in [1.82, 2.24) is 14.9 Å². The molecule has 70 valence electrons. The quantitative estimate of drug-likeness (QED) is 0.730. The fraction of sp³-hybridized carbons (Fsp3) is 0.667. The fourth-order valence-electron chi connectivity index (χ4n) is 0.791. The number of aromatic nitrogens is 2. The predicted octanol–water partition coefficient (Wildman–Crippen LogP) is 1.68. The first-order chi connectivity index (χ1) is 5.66. The molecule has 0 saturated carbocycles. The average molecular weight is 169 g/mol. The molecule has 1 aromatic heterocycles. The molecule has 0 aliphatic heterocycles. The normalized spacial score (nSPS) is 9.42. The summed E-state index contributed by atoms with van der Waals surface area (Å²) in [4.78, 5) is 8.93. The molecule has 0 radical (unpaired) electrons. The molecule has 12 heavy (non-hydrogen) atoms. The van der Waals surface area contributed by atoms with Crippen molar-refractivity contribution in [1.29, 1.82) is 0 Å². The van der Waals surface area contributed by atoms with E-state index in [1.54, 1.807) is 12.4 Å². The Morgan fingerprint density at radius 1 is 1.50 bits per heavy atom. The van der Waals surface area contributed by atoms with Gasteiger partial charge in [0.25, 0.3) is 0 Å². The minimum absolute atomic E-state index is 0.968. The van der Waals surface area contributed by atoms with Crippen molar-refractivity contribution in [2.45, 2.75) is 20.3 Å². The van der Waals surface area contributed by atoms with Crippen LogP contribution in [0.3, 0.4) is 0 Å². The van der Waals surface area contributed by atoms with Crippen LogP contribution in [-0.2, 0) is 0 Å². The van der Waals surface area contributed by atoms with Gasteiger partial charge in [0.1, 0.15) is 5.82 Å². The number of nitrogens with zero attached hydrogens (tertiary/aromatic N) is 2. The van der Waals surface area contributed by atoms with E-state index < -0.39 is 0 Å². The number of aryl methyl sites for hydroxylation is 1. The van der Waals surface area contributed by atoms with Gasteiger partial charge < -0.3 is 9.88 Å². The van der Waals surface area contributed by atoms with Crippen LogP contribution in [0.5, 0.6) is 0 Å². The highest BCUT2D eigenvalue weighted by molar-refractivity contribution is 4.80. The van der Waals surface area contributed by atoms with Crippen molar-refractivity contribution in [3.8, 4) is 0 Å². The molecule has 0 atom stereocenters. The SMILES string of the molecule is CCCN(C)C.Cc1ncc[nH]1. The van der Waals surface area contributed by atoms with Crippen molar-refractivity contribution >= 4 is 0 Å². The number of nitrogens with one attached hydrogen (secondary N) is 1. The monoisotopic (exact) mass is 169 g/mol. The van der Waals surface area contributed by atoms with Crippen molar-refractivity contribution in [3.63, 3.8) is 0 Å². The number of hydrogen-bond acceptors (Lipinski definition) is 2. The molecule has 0 aliphatic carbocycles. The van der Waals surface area contributed by atoms with Crippen LogP contribution in [0.2, 0.25) is 0 Å². The Morgan fingerprint density at radius 2 is 2.17 bits per heavy atom. The maximum atomic E-state index is 3.86. The summed E-state index contributed by atoms with van der Waals surface area (Å²) in [5, 5.41) is 0. The van der Waals surface area contributed by atoms with Crippen molar-refractivity contribution in [3.05, 3.63) is 18.2 Å². The van der Waals surface area contributed by atoms with E-state index in [1.165, 1.54) is 13.0 Å². The van der Waals surface area contributed by atoms with Crippen LogP contribution in [0.15, 0.2) is 12.4 Å². The number of aromatic amines is 1. The average Bonchev–Trinajstić information content (AvgIpc) is 2.40. The van der Waals surface area contributed by atoms with Crippen molar-refractivity contribution < 1.29 is 0 Å². The Labute approximate surface area is 74.8 Å². The van der Waals surface area contributed by atoms with E-state index in [-0.39, 0.29) is 0 Å². The molecule has 0 unspecified atom stereocenters. The second kappa shape index (κ2) is 6.85. The van der Waals surface area contributed by atoms with Gasteiger partial charge in [0.15, 0.2) is 0 Å². The van der Waals surface area contributed by atoms with E-state index in [9.17, 15) is 0 Å². The first-order valence-electron chi connectivity index (χ1n) is 4.27. The lowest BCUT2D eigenvalue weighted by Crippen LogP contribution is -2.11. The molecule has 0 amide bonds. The number of rotatable bonds is 2. The molecule has 3 nitrogen and oxygen atoms in total. The Kier molecular flexibility index (Phi) is 6.38. The van der Waals surface area contributed by atoms with Crippen LogP contribution in [0.1, 0.15) is 19.2 Å². The third kappa shape index (κ3) is 7.28. The van der Waals surface area contributed by atoms with Crippen LogP contribution >= 0.6 is 0 Å². The fourth-order valence-corrected chi connectivity index (χ4v) is 0.791. The summed E-state index contributed by atoms with van der Waals surface area (Å²) in [5.74, 6) is 0.968. The van der Waals surface area contributed by atoms with Gasteiger partial charge in [-0.3, -0.25) is 0 Å². The van der Waals surface area contributed by atoms with E-state index in [0.29, 0.717) is 0 Å². The summed E-state index contributed by atoms with van der Waals surface area (Å²) >= 11 is 0. The van der Waals surface area contributed by atoms with E-state index in [2.05, 4.69) is 35.9 Å². The summed E-state index contributed by atoms with van der Waals surface area (Å²) in [6.45, 7) is 5.31. The third-order valence-corrected chi connectivity index (χ3v) is 1.31. The first kappa shape index (κ1) is 11.2. The first-order valence-corrected chi connectivity index (χ1v) is 4.27. The van der Waals surface area contributed by atoms with Gasteiger partial charge in [0.2, 0.25) is 0 Å². The van der Waals surface area contributed by atoms with Crippen LogP contribution in [0, 0.1) is 6.92 Å². The zero-order valence-electron chi connectivity index (χ0n) is 8.46. The lowest BCUT2D eigenvalue weighted by molar-refractivity contribution is 0.408. The zero-order chi connectivity index (χ0) is 9.40. The second-order valence-corrected chi connectivity index (χ2v) is 2.98. The standard InChI is InChI=1S/C5H13N.C4H6N2/c1-4-5-6(2)3;1-4-5-2-3-6-4/h4-5H2,1-3H3;2-3H,1H3,(H,5,6). The van der Waals surface area contributed by atoms with Gasteiger partial charge in [0.05, 0.1) is 0 Å². The number of imidazole rings is 1. The van der Waals surface area contributed by atoms with Crippen LogP contribution < -0.4 is 0 Å². The molecule has 3 heteroatoms. The third-order valence-electron chi connectivity index (χ3n) is 1.31. The predicted molar refractivity (Wildman–Crippen MR) is 52.2 cm³/mol. The molecule has 0 spiro atoms. The van der Waals surface area contributed by atoms with Crippen LogP contribution in [0.4, 0.5) is 0 Å². The number of hydrogen-bond donors (Lipinski definition) is 1. The van der Waals surface area contributed by atoms with Gasteiger partial charge in [-0.25, -0.2) is 4.98 Å². The Bertz CT molecular complexity index is 168.